The first-order valence-electron chi connectivity index (χ1n) is 12.7. The Morgan fingerprint density at radius 2 is 1.97 bits per heavy atom. The van der Waals surface area contributed by atoms with Crippen molar-refractivity contribution in [2.24, 2.45) is 23.0 Å². The van der Waals surface area contributed by atoms with E-state index in [9.17, 15) is 24.9 Å². The van der Waals surface area contributed by atoms with E-state index >= 15 is 0 Å². The number of thiazole rings is 1. The second-order valence-electron chi connectivity index (χ2n) is 11.2. The Hall–Kier alpha value is -1.49. The van der Waals surface area contributed by atoms with Crippen LogP contribution < -0.4 is 5.73 Å². The van der Waals surface area contributed by atoms with E-state index in [4.69, 9.17) is 10.5 Å². The number of ketones is 1. The van der Waals surface area contributed by atoms with Gasteiger partial charge in [-0.1, -0.05) is 39.7 Å². The fourth-order valence-corrected chi connectivity index (χ4v) is 5.42. The van der Waals surface area contributed by atoms with Crippen molar-refractivity contribution in [3.05, 3.63) is 21.7 Å². The van der Waals surface area contributed by atoms with Crippen molar-refractivity contribution in [1.29, 1.82) is 0 Å². The summed E-state index contributed by atoms with van der Waals surface area (Å²) in [6, 6.07) is -0.565. The highest BCUT2D eigenvalue weighted by atomic mass is 32.1. The normalized spacial score (nSPS) is 25.5. The van der Waals surface area contributed by atoms with E-state index in [0.717, 1.165) is 22.7 Å². The van der Waals surface area contributed by atoms with Gasteiger partial charge >= 0.3 is 0 Å². The van der Waals surface area contributed by atoms with Gasteiger partial charge in [0.2, 0.25) is 0 Å². The predicted molar refractivity (Wildman–Crippen MR) is 141 cm³/mol. The van der Waals surface area contributed by atoms with E-state index < -0.39 is 41.3 Å². The van der Waals surface area contributed by atoms with Crippen molar-refractivity contribution in [3.8, 4) is 0 Å². The van der Waals surface area contributed by atoms with Crippen molar-refractivity contribution < 1.29 is 29.6 Å². The second kappa shape index (κ2) is 12.4. The molecule has 0 aromatic carbocycles. The van der Waals surface area contributed by atoms with Crippen LogP contribution in [0.25, 0.3) is 6.08 Å². The van der Waals surface area contributed by atoms with Gasteiger partial charge in [0.15, 0.2) is 0 Å². The molecule has 1 saturated heterocycles. The molecular formula is C27H44N2O6S. The van der Waals surface area contributed by atoms with Crippen molar-refractivity contribution in [2.75, 3.05) is 0 Å². The number of ether oxygens (including phenoxy) is 1. The fraction of sp³-hybridized carbons (Fsp3) is 0.741. The lowest BCUT2D eigenvalue weighted by Gasteiger charge is -2.34. The number of Topliss-reactive ketones (excluding diaryl/α,β-unsaturated/α-hetero) is 1. The molecule has 9 heteroatoms. The van der Waals surface area contributed by atoms with Crippen LogP contribution in [0.5, 0.6) is 0 Å². The number of epoxide rings is 1. The number of carbonyl (C=O) groups is 2. The van der Waals surface area contributed by atoms with Gasteiger partial charge in [-0.15, -0.1) is 11.3 Å². The third kappa shape index (κ3) is 7.30. The Balaban J connectivity index is 1.85. The standard InChI is InChI=1S/C27H44N2O6S/c1-15(22(32)17(3)24(34)26(5,6)20(31)10-12-30)9-8-11-27(7)25(35-27)23(33)21(28)16(2)13-19-14-36-18(4)29-19/h12-15,17,20-23,25,31-33H,8-11,28H2,1-7H3/b16-13+. The number of hydrogen-bond donors (Lipinski definition) is 4. The van der Waals surface area contributed by atoms with Crippen LogP contribution in [0, 0.1) is 24.2 Å². The molecule has 204 valence electrons. The number of aldehydes is 1. The van der Waals surface area contributed by atoms with Crippen LogP contribution >= 0.6 is 11.3 Å². The summed E-state index contributed by atoms with van der Waals surface area (Å²) < 4.78 is 5.87. The predicted octanol–water partition coefficient (Wildman–Crippen LogP) is 3.05. The van der Waals surface area contributed by atoms with E-state index in [-0.39, 0.29) is 24.2 Å². The van der Waals surface area contributed by atoms with Gasteiger partial charge in [0.05, 0.1) is 40.0 Å². The average molecular weight is 525 g/mol. The summed E-state index contributed by atoms with van der Waals surface area (Å²) >= 11 is 1.56. The first-order valence-corrected chi connectivity index (χ1v) is 13.6. The summed E-state index contributed by atoms with van der Waals surface area (Å²) in [6.45, 7) is 12.6. The molecule has 2 rings (SSSR count). The van der Waals surface area contributed by atoms with Gasteiger partial charge in [-0.2, -0.15) is 0 Å². The van der Waals surface area contributed by atoms with Gasteiger partial charge in [0.25, 0.3) is 0 Å². The van der Waals surface area contributed by atoms with Crippen LogP contribution in [-0.4, -0.2) is 68.4 Å². The molecule has 1 aliphatic heterocycles. The van der Waals surface area contributed by atoms with Crippen LogP contribution in [0.15, 0.2) is 11.0 Å². The Morgan fingerprint density at radius 3 is 2.53 bits per heavy atom. The monoisotopic (exact) mass is 524 g/mol. The van der Waals surface area contributed by atoms with E-state index in [1.54, 1.807) is 32.1 Å². The number of aliphatic hydroxyl groups is 3. The number of carbonyl (C=O) groups excluding carboxylic acids is 2. The topological polar surface area (TPSA) is 146 Å². The van der Waals surface area contributed by atoms with E-state index in [0.29, 0.717) is 19.1 Å². The van der Waals surface area contributed by atoms with E-state index in [1.807, 2.05) is 39.2 Å². The van der Waals surface area contributed by atoms with Crippen molar-refractivity contribution in [1.82, 2.24) is 4.98 Å². The molecule has 1 aromatic heterocycles. The quantitative estimate of drug-likeness (QED) is 0.202. The highest BCUT2D eigenvalue weighted by molar-refractivity contribution is 7.09. The largest absolute Gasteiger partial charge is 0.392 e. The van der Waals surface area contributed by atoms with Crippen molar-refractivity contribution in [3.63, 3.8) is 0 Å². The summed E-state index contributed by atoms with van der Waals surface area (Å²) in [5.41, 5.74) is 6.37. The SMILES string of the molecule is C/C(=C\c1csc(C)n1)C(N)C(O)C1OC1(C)CCCC(C)C(O)C(C)C(=O)C(C)(C)C(O)CC=O. The van der Waals surface area contributed by atoms with Crippen LogP contribution in [0.1, 0.15) is 77.9 Å². The minimum absolute atomic E-state index is 0.119. The summed E-state index contributed by atoms with van der Waals surface area (Å²) in [4.78, 5) is 28.1. The zero-order valence-corrected chi connectivity index (χ0v) is 23.4. The molecule has 8 nitrogen and oxygen atoms in total. The zero-order valence-electron chi connectivity index (χ0n) is 22.6. The van der Waals surface area contributed by atoms with Gasteiger partial charge in [0.1, 0.15) is 24.3 Å². The molecule has 2 heterocycles. The van der Waals surface area contributed by atoms with Crippen LogP contribution in [0.2, 0.25) is 0 Å². The lowest BCUT2D eigenvalue weighted by Crippen LogP contribution is -2.45. The molecule has 8 atom stereocenters. The molecule has 8 unspecified atom stereocenters. The lowest BCUT2D eigenvalue weighted by molar-refractivity contribution is -0.142. The average Bonchev–Trinajstić information content (AvgIpc) is 3.33. The molecule has 0 aliphatic carbocycles. The van der Waals surface area contributed by atoms with E-state index in [2.05, 4.69) is 4.98 Å². The van der Waals surface area contributed by atoms with Gasteiger partial charge in [-0.25, -0.2) is 4.98 Å². The van der Waals surface area contributed by atoms with Crippen LogP contribution in [0.3, 0.4) is 0 Å². The third-order valence-electron chi connectivity index (χ3n) is 7.79. The molecule has 1 aromatic rings. The molecule has 1 fully saturated rings. The van der Waals surface area contributed by atoms with Crippen molar-refractivity contribution in [2.45, 2.75) is 110 Å². The summed E-state index contributed by atoms with van der Waals surface area (Å²) in [5, 5.41) is 34.7. The summed E-state index contributed by atoms with van der Waals surface area (Å²) in [7, 11) is 0. The number of rotatable bonds is 15. The summed E-state index contributed by atoms with van der Waals surface area (Å²) in [5.74, 6) is -1.09. The Bertz CT molecular complexity index is 931. The molecule has 0 radical (unpaired) electrons. The Kier molecular flexibility index (Phi) is 10.6. The van der Waals surface area contributed by atoms with Gasteiger partial charge in [0, 0.05) is 17.7 Å². The Morgan fingerprint density at radius 1 is 1.33 bits per heavy atom. The maximum atomic E-state index is 12.9. The first-order chi connectivity index (χ1) is 16.7. The lowest BCUT2D eigenvalue weighted by atomic mass is 9.73. The first kappa shape index (κ1) is 30.7. The second-order valence-corrected chi connectivity index (χ2v) is 12.3. The van der Waals surface area contributed by atoms with Gasteiger partial charge in [-0.3, -0.25) is 4.79 Å². The molecule has 0 bridgehead atoms. The fourth-order valence-electron chi connectivity index (χ4n) is 4.85. The number of nitrogens with two attached hydrogens (primary N) is 1. The Labute approximate surface area is 219 Å². The molecule has 36 heavy (non-hydrogen) atoms. The third-order valence-corrected chi connectivity index (χ3v) is 8.58. The highest BCUT2D eigenvalue weighted by Crippen LogP contribution is 2.44. The zero-order chi connectivity index (χ0) is 27.4. The maximum Gasteiger partial charge on any atom is 0.146 e. The molecule has 0 saturated carbocycles. The maximum absolute atomic E-state index is 12.9. The number of aliphatic hydroxyl groups excluding tert-OH is 3. The highest BCUT2D eigenvalue weighted by Gasteiger charge is 2.56. The molecule has 0 spiro atoms. The van der Waals surface area contributed by atoms with Crippen molar-refractivity contribution >= 4 is 29.5 Å². The number of aryl methyl sites for hydroxylation is 1. The molecule has 0 amide bonds. The van der Waals surface area contributed by atoms with Crippen LogP contribution in [-0.2, 0) is 14.3 Å². The van der Waals surface area contributed by atoms with Crippen LogP contribution in [0.4, 0.5) is 0 Å². The van der Waals surface area contributed by atoms with Gasteiger partial charge in [-0.05, 0) is 45.6 Å². The summed E-state index contributed by atoms with van der Waals surface area (Å²) in [6.07, 6.45) is 1.32. The molecular weight excluding hydrogens is 480 g/mol. The number of nitrogens with zero attached hydrogens (tertiary/aromatic N) is 1. The number of aromatic nitrogens is 1. The molecule has 5 N–H and O–H groups in total. The molecule has 1 aliphatic rings. The minimum Gasteiger partial charge on any atom is -0.392 e. The van der Waals surface area contributed by atoms with Gasteiger partial charge < -0.3 is 30.6 Å². The smallest absolute Gasteiger partial charge is 0.146 e. The number of hydrogen-bond acceptors (Lipinski definition) is 9. The minimum atomic E-state index is -1.12. The van der Waals surface area contributed by atoms with E-state index in [1.165, 1.54) is 0 Å².